The number of rotatable bonds is 4. The molecule has 0 radical (unpaired) electrons. The van der Waals surface area contributed by atoms with E-state index in [0.717, 1.165) is 18.5 Å². The Morgan fingerprint density at radius 2 is 1.87 bits per heavy atom. The Morgan fingerprint density at radius 3 is 2.61 bits per heavy atom. The van der Waals surface area contributed by atoms with E-state index < -0.39 is 10.0 Å². The van der Waals surface area contributed by atoms with Gasteiger partial charge in [-0.1, -0.05) is 30.3 Å². The molecule has 0 aromatic heterocycles. The van der Waals surface area contributed by atoms with Crippen LogP contribution in [0.15, 0.2) is 53.4 Å². The minimum Gasteiger partial charge on any atom is -0.364 e. The van der Waals surface area contributed by atoms with Crippen molar-refractivity contribution in [2.75, 3.05) is 19.0 Å². The number of hydrogen-bond acceptors (Lipinski definition) is 3. The van der Waals surface area contributed by atoms with Gasteiger partial charge in [-0.2, -0.15) is 0 Å². The minimum absolute atomic E-state index is 0.347. The first kappa shape index (κ1) is 16.0. The molecule has 1 aliphatic heterocycles. The van der Waals surface area contributed by atoms with E-state index in [1.165, 1.54) is 15.6 Å². The predicted molar refractivity (Wildman–Crippen MR) is 93.1 cm³/mol. The monoisotopic (exact) mass is 330 g/mol. The largest absolute Gasteiger partial charge is 0.364 e. The molecule has 0 bridgehead atoms. The molecule has 1 aliphatic rings. The molecule has 4 nitrogen and oxygen atoms in total. The van der Waals surface area contributed by atoms with Crippen LogP contribution in [-0.2, 0) is 23.0 Å². The van der Waals surface area contributed by atoms with Crippen molar-refractivity contribution in [3.8, 4) is 0 Å². The van der Waals surface area contributed by atoms with Crippen LogP contribution in [0, 0.1) is 0 Å². The molecular weight excluding hydrogens is 308 g/mol. The molecule has 0 unspecified atom stereocenters. The summed E-state index contributed by atoms with van der Waals surface area (Å²) in [4.78, 5) is 2.69. The van der Waals surface area contributed by atoms with Crippen LogP contribution in [0.25, 0.3) is 0 Å². The molecule has 0 aliphatic carbocycles. The number of para-hydroxylation sites is 1. The standard InChI is InChI=1S/C18H22N2O2S/c1-14-11-16-8-4-5-10-18(16)20(14)13-15-7-6-9-17(12-15)23(21,22)19(2)3/h4-10,12,14H,11,13H2,1-3H3/t14-/m0/s1. The predicted octanol–water partition coefficient (Wildman–Crippen LogP) is 2.89. The molecule has 2 aromatic carbocycles. The molecule has 0 amide bonds. The third kappa shape index (κ3) is 2.99. The summed E-state index contributed by atoms with van der Waals surface area (Å²) in [5.41, 5.74) is 3.62. The Hall–Kier alpha value is -1.85. The topological polar surface area (TPSA) is 40.6 Å². The first-order valence-corrected chi connectivity index (χ1v) is 9.19. The Bertz CT molecular complexity index is 815. The van der Waals surface area contributed by atoms with Gasteiger partial charge in [0.2, 0.25) is 10.0 Å². The van der Waals surface area contributed by atoms with Crippen molar-refractivity contribution in [1.82, 2.24) is 4.31 Å². The maximum absolute atomic E-state index is 12.3. The van der Waals surface area contributed by atoms with Crippen molar-refractivity contribution < 1.29 is 8.42 Å². The van der Waals surface area contributed by atoms with Gasteiger partial charge in [-0.25, -0.2) is 12.7 Å². The summed E-state index contributed by atoms with van der Waals surface area (Å²) in [6, 6.07) is 16.1. The number of nitrogens with zero attached hydrogens (tertiary/aromatic N) is 2. The third-order valence-electron chi connectivity index (χ3n) is 4.38. The maximum atomic E-state index is 12.3. The summed E-state index contributed by atoms with van der Waals surface area (Å²) < 4.78 is 25.8. The van der Waals surface area contributed by atoms with Crippen molar-refractivity contribution in [3.05, 3.63) is 59.7 Å². The summed E-state index contributed by atoms with van der Waals surface area (Å²) in [6.45, 7) is 2.93. The van der Waals surface area contributed by atoms with Crippen molar-refractivity contribution >= 4 is 15.7 Å². The van der Waals surface area contributed by atoms with Gasteiger partial charge in [0.25, 0.3) is 0 Å². The van der Waals surface area contributed by atoms with E-state index in [2.05, 4.69) is 36.1 Å². The summed E-state index contributed by atoms with van der Waals surface area (Å²) in [5, 5.41) is 0. The highest BCUT2D eigenvalue weighted by Gasteiger charge is 2.26. The van der Waals surface area contributed by atoms with Crippen molar-refractivity contribution in [1.29, 1.82) is 0 Å². The quantitative estimate of drug-likeness (QED) is 0.865. The second-order valence-electron chi connectivity index (χ2n) is 6.24. The average molecular weight is 330 g/mol. The molecule has 0 saturated heterocycles. The van der Waals surface area contributed by atoms with Crippen molar-refractivity contribution in [3.63, 3.8) is 0 Å². The molecule has 23 heavy (non-hydrogen) atoms. The van der Waals surface area contributed by atoms with Gasteiger partial charge in [0, 0.05) is 32.4 Å². The summed E-state index contributed by atoms with van der Waals surface area (Å²) in [5.74, 6) is 0. The first-order valence-electron chi connectivity index (χ1n) is 7.75. The molecule has 2 aromatic rings. The van der Waals surface area contributed by atoms with Crippen molar-refractivity contribution in [2.24, 2.45) is 0 Å². The van der Waals surface area contributed by atoms with Crippen LogP contribution in [0.3, 0.4) is 0 Å². The van der Waals surface area contributed by atoms with Gasteiger partial charge in [-0.3, -0.25) is 0 Å². The molecule has 3 rings (SSSR count). The normalized spacial score (nSPS) is 17.6. The van der Waals surface area contributed by atoms with E-state index >= 15 is 0 Å². The van der Waals surface area contributed by atoms with Crippen LogP contribution >= 0.6 is 0 Å². The van der Waals surface area contributed by atoms with Gasteiger partial charge in [0.1, 0.15) is 0 Å². The number of benzene rings is 2. The molecule has 1 heterocycles. The fourth-order valence-corrected chi connectivity index (χ4v) is 4.05. The fraction of sp³-hybridized carbons (Fsp3) is 0.333. The van der Waals surface area contributed by atoms with Crippen molar-refractivity contribution in [2.45, 2.75) is 30.8 Å². The second kappa shape index (κ2) is 5.98. The lowest BCUT2D eigenvalue weighted by atomic mass is 10.1. The zero-order valence-corrected chi connectivity index (χ0v) is 14.5. The maximum Gasteiger partial charge on any atom is 0.242 e. The molecule has 5 heteroatoms. The SMILES string of the molecule is C[C@H]1Cc2ccccc2N1Cc1cccc(S(=O)(=O)N(C)C)c1. The molecule has 0 N–H and O–H groups in total. The zero-order chi connectivity index (χ0) is 16.6. The lowest BCUT2D eigenvalue weighted by molar-refractivity contribution is 0.520. The van der Waals surface area contributed by atoms with Gasteiger partial charge in [-0.05, 0) is 42.7 Å². The average Bonchev–Trinajstić information content (AvgIpc) is 2.83. The van der Waals surface area contributed by atoms with E-state index in [1.807, 2.05) is 12.1 Å². The highest BCUT2D eigenvalue weighted by molar-refractivity contribution is 7.89. The lowest BCUT2D eigenvalue weighted by Crippen LogP contribution is -2.28. The molecular formula is C18H22N2O2S. The number of sulfonamides is 1. The molecule has 1 atom stereocenters. The summed E-state index contributed by atoms with van der Waals surface area (Å²) in [6.07, 6.45) is 1.03. The Labute approximate surface area is 138 Å². The Kier molecular flexibility index (Phi) is 4.17. The van der Waals surface area contributed by atoms with Gasteiger partial charge in [0.15, 0.2) is 0 Å². The van der Waals surface area contributed by atoms with E-state index in [1.54, 1.807) is 26.2 Å². The smallest absolute Gasteiger partial charge is 0.242 e. The van der Waals surface area contributed by atoms with Crippen LogP contribution in [0.1, 0.15) is 18.1 Å². The molecule has 0 fully saturated rings. The number of anilines is 1. The van der Waals surface area contributed by atoms with Crippen LogP contribution in [0.2, 0.25) is 0 Å². The van der Waals surface area contributed by atoms with Crippen LogP contribution < -0.4 is 4.90 Å². The zero-order valence-electron chi connectivity index (χ0n) is 13.7. The number of hydrogen-bond donors (Lipinski definition) is 0. The van der Waals surface area contributed by atoms with E-state index in [4.69, 9.17) is 0 Å². The van der Waals surface area contributed by atoms with E-state index in [0.29, 0.717) is 10.9 Å². The highest BCUT2D eigenvalue weighted by atomic mass is 32.2. The third-order valence-corrected chi connectivity index (χ3v) is 6.19. The van der Waals surface area contributed by atoms with Gasteiger partial charge in [-0.15, -0.1) is 0 Å². The Balaban J connectivity index is 1.90. The number of fused-ring (bicyclic) bond motifs is 1. The van der Waals surface area contributed by atoms with Crippen LogP contribution in [0.5, 0.6) is 0 Å². The summed E-state index contributed by atoms with van der Waals surface area (Å²) >= 11 is 0. The van der Waals surface area contributed by atoms with Gasteiger partial charge >= 0.3 is 0 Å². The minimum atomic E-state index is -3.39. The van der Waals surface area contributed by atoms with Gasteiger partial charge < -0.3 is 4.90 Å². The highest BCUT2D eigenvalue weighted by Crippen LogP contribution is 2.33. The van der Waals surface area contributed by atoms with E-state index in [-0.39, 0.29) is 0 Å². The lowest BCUT2D eigenvalue weighted by Gasteiger charge is -2.25. The van der Waals surface area contributed by atoms with Crippen LogP contribution in [-0.4, -0.2) is 32.9 Å². The second-order valence-corrected chi connectivity index (χ2v) is 8.40. The summed E-state index contributed by atoms with van der Waals surface area (Å²) in [7, 11) is -0.280. The molecule has 0 saturated carbocycles. The van der Waals surface area contributed by atoms with Gasteiger partial charge in [0.05, 0.1) is 4.90 Å². The van der Waals surface area contributed by atoms with Crippen LogP contribution in [0.4, 0.5) is 5.69 Å². The first-order chi connectivity index (χ1) is 10.9. The Morgan fingerprint density at radius 1 is 1.13 bits per heavy atom. The van der Waals surface area contributed by atoms with E-state index in [9.17, 15) is 8.42 Å². The molecule has 122 valence electrons. The molecule has 0 spiro atoms. The fourth-order valence-electron chi connectivity index (χ4n) is 3.08.